The summed E-state index contributed by atoms with van der Waals surface area (Å²) in [5.74, 6) is -0.0163. The summed E-state index contributed by atoms with van der Waals surface area (Å²) in [6.07, 6.45) is 1.03. The number of carbonyl (C=O) groups is 1. The van der Waals surface area contributed by atoms with Gasteiger partial charge in [-0.05, 0) is 55.5 Å². The van der Waals surface area contributed by atoms with E-state index in [2.05, 4.69) is 35.1 Å². The summed E-state index contributed by atoms with van der Waals surface area (Å²) >= 11 is 1.77. The summed E-state index contributed by atoms with van der Waals surface area (Å²) in [7, 11) is 0. The minimum Gasteiger partial charge on any atom is -0.377 e. The van der Waals surface area contributed by atoms with Gasteiger partial charge in [0.1, 0.15) is 0 Å². The molecule has 21 heavy (non-hydrogen) atoms. The zero-order valence-corrected chi connectivity index (χ0v) is 13.6. The highest BCUT2D eigenvalue weighted by molar-refractivity contribution is 7.10. The van der Waals surface area contributed by atoms with Crippen LogP contribution in [0, 0.1) is 6.92 Å². The molecule has 2 rings (SSSR count). The number of anilines is 1. The SMILES string of the molecule is CCNC(=O)c1ccc(NC(CC)c2cccs2)c(C)c1. The zero-order valence-electron chi connectivity index (χ0n) is 12.8. The number of nitrogens with one attached hydrogen (secondary N) is 2. The second-order valence-electron chi connectivity index (χ2n) is 5.01. The lowest BCUT2D eigenvalue weighted by atomic mass is 10.1. The van der Waals surface area contributed by atoms with Crippen molar-refractivity contribution in [2.24, 2.45) is 0 Å². The molecule has 0 radical (unpaired) electrons. The van der Waals surface area contributed by atoms with E-state index in [-0.39, 0.29) is 5.91 Å². The van der Waals surface area contributed by atoms with Crippen LogP contribution in [0.4, 0.5) is 5.69 Å². The average Bonchev–Trinajstić information content (AvgIpc) is 3.00. The molecule has 0 bridgehead atoms. The standard InChI is InChI=1S/C17H22N2OS/c1-4-14(16-7-6-10-21-16)19-15-9-8-13(11-12(15)3)17(20)18-5-2/h6-11,14,19H,4-5H2,1-3H3,(H,18,20). The maximum atomic E-state index is 11.8. The van der Waals surface area contributed by atoms with Crippen LogP contribution in [-0.4, -0.2) is 12.5 Å². The van der Waals surface area contributed by atoms with E-state index in [1.54, 1.807) is 11.3 Å². The number of amides is 1. The van der Waals surface area contributed by atoms with Crippen molar-refractivity contribution in [3.05, 3.63) is 51.7 Å². The Balaban J connectivity index is 2.15. The molecule has 2 aromatic rings. The topological polar surface area (TPSA) is 41.1 Å². The molecule has 1 aromatic carbocycles. The van der Waals surface area contributed by atoms with Crippen molar-refractivity contribution in [3.8, 4) is 0 Å². The predicted molar refractivity (Wildman–Crippen MR) is 90.2 cm³/mol. The number of hydrogen-bond acceptors (Lipinski definition) is 3. The second-order valence-corrected chi connectivity index (χ2v) is 5.99. The molecule has 1 unspecified atom stereocenters. The van der Waals surface area contributed by atoms with Crippen molar-refractivity contribution in [3.63, 3.8) is 0 Å². The molecule has 2 N–H and O–H groups in total. The number of benzene rings is 1. The van der Waals surface area contributed by atoms with Crippen LogP contribution in [0.5, 0.6) is 0 Å². The summed E-state index contributed by atoms with van der Waals surface area (Å²) in [6.45, 7) is 6.78. The zero-order chi connectivity index (χ0) is 15.2. The van der Waals surface area contributed by atoms with Crippen LogP contribution in [0.15, 0.2) is 35.7 Å². The third-order valence-corrected chi connectivity index (χ3v) is 4.44. The number of hydrogen-bond donors (Lipinski definition) is 2. The summed E-state index contributed by atoms with van der Waals surface area (Å²) < 4.78 is 0. The lowest BCUT2D eigenvalue weighted by molar-refractivity contribution is 0.0956. The Morgan fingerprint density at radius 3 is 2.67 bits per heavy atom. The Bertz CT molecular complexity index is 593. The van der Waals surface area contributed by atoms with Crippen LogP contribution in [0.2, 0.25) is 0 Å². The molecule has 1 aromatic heterocycles. The van der Waals surface area contributed by atoms with Crippen molar-refractivity contribution in [1.82, 2.24) is 5.32 Å². The third-order valence-electron chi connectivity index (χ3n) is 3.45. The summed E-state index contributed by atoms with van der Waals surface area (Å²) in [5.41, 5.74) is 2.89. The van der Waals surface area contributed by atoms with Gasteiger partial charge < -0.3 is 10.6 Å². The smallest absolute Gasteiger partial charge is 0.251 e. The fraction of sp³-hybridized carbons (Fsp3) is 0.353. The average molecular weight is 302 g/mol. The van der Waals surface area contributed by atoms with Crippen LogP contribution >= 0.6 is 11.3 Å². The number of thiophene rings is 1. The van der Waals surface area contributed by atoms with Crippen LogP contribution in [-0.2, 0) is 0 Å². The highest BCUT2D eigenvalue weighted by Crippen LogP contribution is 2.28. The molecule has 4 heteroatoms. The minimum atomic E-state index is -0.0163. The molecule has 0 aliphatic rings. The van der Waals surface area contributed by atoms with E-state index in [4.69, 9.17) is 0 Å². The third kappa shape index (κ3) is 3.85. The van der Waals surface area contributed by atoms with Gasteiger partial charge in [0.05, 0.1) is 6.04 Å². The van der Waals surface area contributed by atoms with Crippen molar-refractivity contribution in [2.75, 3.05) is 11.9 Å². The highest BCUT2D eigenvalue weighted by Gasteiger charge is 2.12. The Morgan fingerprint density at radius 2 is 2.10 bits per heavy atom. The van der Waals surface area contributed by atoms with Crippen molar-refractivity contribution in [1.29, 1.82) is 0 Å². The van der Waals surface area contributed by atoms with Gasteiger partial charge in [-0.25, -0.2) is 0 Å². The molecule has 112 valence electrons. The molecule has 0 spiro atoms. The molecule has 0 saturated carbocycles. The quantitative estimate of drug-likeness (QED) is 0.832. The van der Waals surface area contributed by atoms with Gasteiger partial charge >= 0.3 is 0 Å². The van der Waals surface area contributed by atoms with Gasteiger partial charge in [-0.3, -0.25) is 4.79 Å². The first kappa shape index (κ1) is 15.6. The monoisotopic (exact) mass is 302 g/mol. The molecular formula is C17H22N2OS. The van der Waals surface area contributed by atoms with Crippen LogP contribution < -0.4 is 10.6 Å². The molecule has 0 aliphatic heterocycles. The molecule has 1 atom stereocenters. The van der Waals surface area contributed by atoms with Gasteiger partial charge in [0.15, 0.2) is 0 Å². The first-order chi connectivity index (χ1) is 10.2. The largest absolute Gasteiger partial charge is 0.377 e. The van der Waals surface area contributed by atoms with E-state index >= 15 is 0 Å². The van der Waals surface area contributed by atoms with Gasteiger partial charge in [-0.15, -0.1) is 11.3 Å². The van der Waals surface area contributed by atoms with Crippen molar-refractivity contribution < 1.29 is 4.79 Å². The maximum absolute atomic E-state index is 11.8. The Kier molecular flexibility index (Phi) is 5.39. The molecule has 0 saturated heterocycles. The van der Waals surface area contributed by atoms with Crippen LogP contribution in [0.1, 0.15) is 47.1 Å². The van der Waals surface area contributed by atoms with Gasteiger partial charge in [0, 0.05) is 22.7 Å². The summed E-state index contributed by atoms with van der Waals surface area (Å²) in [6, 6.07) is 10.4. The van der Waals surface area contributed by atoms with Gasteiger partial charge in [-0.1, -0.05) is 13.0 Å². The van der Waals surface area contributed by atoms with E-state index in [9.17, 15) is 4.79 Å². The Labute approximate surface area is 130 Å². The van der Waals surface area contributed by atoms with E-state index in [1.165, 1.54) is 4.88 Å². The second kappa shape index (κ2) is 7.27. The molecule has 0 fully saturated rings. The van der Waals surface area contributed by atoms with Crippen molar-refractivity contribution >= 4 is 22.9 Å². The first-order valence-electron chi connectivity index (χ1n) is 7.34. The van der Waals surface area contributed by atoms with Gasteiger partial charge in [0.25, 0.3) is 5.91 Å². The molecule has 3 nitrogen and oxygen atoms in total. The summed E-state index contributed by atoms with van der Waals surface area (Å²) in [5, 5.41) is 8.50. The van der Waals surface area contributed by atoms with Gasteiger partial charge in [-0.2, -0.15) is 0 Å². The normalized spacial score (nSPS) is 12.0. The Morgan fingerprint density at radius 1 is 1.29 bits per heavy atom. The highest BCUT2D eigenvalue weighted by atomic mass is 32.1. The van der Waals surface area contributed by atoms with Crippen LogP contribution in [0.25, 0.3) is 0 Å². The van der Waals surface area contributed by atoms with E-state index in [1.807, 2.05) is 32.0 Å². The maximum Gasteiger partial charge on any atom is 0.251 e. The minimum absolute atomic E-state index is 0.0163. The van der Waals surface area contributed by atoms with E-state index in [0.29, 0.717) is 18.2 Å². The van der Waals surface area contributed by atoms with Crippen LogP contribution in [0.3, 0.4) is 0 Å². The predicted octanol–water partition coefficient (Wildman–Crippen LogP) is 4.37. The Hall–Kier alpha value is -1.81. The van der Waals surface area contributed by atoms with E-state index in [0.717, 1.165) is 17.7 Å². The fourth-order valence-electron chi connectivity index (χ4n) is 2.28. The van der Waals surface area contributed by atoms with E-state index < -0.39 is 0 Å². The molecule has 1 heterocycles. The first-order valence-corrected chi connectivity index (χ1v) is 8.22. The number of aryl methyl sites for hydroxylation is 1. The summed E-state index contributed by atoms with van der Waals surface area (Å²) in [4.78, 5) is 13.2. The fourth-order valence-corrected chi connectivity index (χ4v) is 3.14. The lowest BCUT2D eigenvalue weighted by Gasteiger charge is -2.19. The number of carbonyl (C=O) groups excluding carboxylic acids is 1. The molecule has 0 aliphatic carbocycles. The molecule has 1 amide bonds. The lowest BCUT2D eigenvalue weighted by Crippen LogP contribution is -2.22. The van der Waals surface area contributed by atoms with Gasteiger partial charge in [0.2, 0.25) is 0 Å². The van der Waals surface area contributed by atoms with Crippen molar-refractivity contribution in [2.45, 2.75) is 33.2 Å². The molecular weight excluding hydrogens is 280 g/mol. The number of rotatable bonds is 6.